The van der Waals surface area contributed by atoms with Crippen LogP contribution in [0.15, 0.2) is 48.5 Å². The molecule has 2 heterocycles. The van der Waals surface area contributed by atoms with E-state index in [4.69, 9.17) is 4.74 Å². The number of urea groups is 1. The highest BCUT2D eigenvalue weighted by atomic mass is 32.1. The fourth-order valence-corrected chi connectivity index (χ4v) is 4.16. The van der Waals surface area contributed by atoms with Crippen molar-refractivity contribution >= 4 is 44.5 Å². The third kappa shape index (κ3) is 4.25. The van der Waals surface area contributed by atoms with Crippen LogP contribution in [-0.4, -0.2) is 47.4 Å². The molecule has 0 aliphatic carbocycles. The van der Waals surface area contributed by atoms with E-state index in [1.165, 1.54) is 11.3 Å². The summed E-state index contributed by atoms with van der Waals surface area (Å²) in [5.41, 5.74) is 1.78. The minimum atomic E-state index is -0.872. The number of carbonyl (C=O) groups is 3. The molecule has 0 saturated carbocycles. The van der Waals surface area contributed by atoms with E-state index in [9.17, 15) is 14.4 Å². The average molecular weight is 424 g/mol. The van der Waals surface area contributed by atoms with E-state index in [0.29, 0.717) is 17.3 Å². The Balaban J connectivity index is 1.35. The highest BCUT2D eigenvalue weighted by Gasteiger charge is 2.38. The lowest BCUT2D eigenvalue weighted by Gasteiger charge is -2.12. The van der Waals surface area contributed by atoms with Crippen LogP contribution in [0, 0.1) is 0 Å². The van der Waals surface area contributed by atoms with Crippen LogP contribution in [0.25, 0.3) is 10.2 Å². The van der Waals surface area contributed by atoms with Crippen molar-refractivity contribution in [1.29, 1.82) is 0 Å². The largest absolute Gasteiger partial charge is 0.497 e. The van der Waals surface area contributed by atoms with E-state index in [2.05, 4.69) is 15.6 Å². The summed E-state index contributed by atoms with van der Waals surface area (Å²) in [4.78, 5) is 42.7. The quantitative estimate of drug-likeness (QED) is 0.568. The standard InChI is InChI=1S/C21H20N4O4S/c1-29-14-7-8-15-17(11-14)30-20(22-15)24-18(26)12-16-19(27)25(21(28)23-16)10-9-13-5-3-2-4-6-13/h2-8,11,16H,9-10,12H2,1H3,(H,23,28)(H,22,24,26)/t16-/m1/s1. The molecular weight excluding hydrogens is 404 g/mol. The van der Waals surface area contributed by atoms with Crippen LogP contribution in [0.1, 0.15) is 12.0 Å². The number of nitrogens with zero attached hydrogens (tertiary/aromatic N) is 2. The maximum absolute atomic E-state index is 12.6. The fourth-order valence-electron chi connectivity index (χ4n) is 3.25. The van der Waals surface area contributed by atoms with Gasteiger partial charge in [-0.05, 0) is 30.2 Å². The molecular formula is C21H20N4O4S. The molecule has 1 fully saturated rings. The van der Waals surface area contributed by atoms with Crippen LogP contribution in [0.4, 0.5) is 9.93 Å². The number of aromatic nitrogens is 1. The molecule has 4 amide bonds. The lowest BCUT2D eigenvalue weighted by atomic mass is 10.1. The SMILES string of the molecule is COc1ccc2nc(NC(=O)C[C@H]3NC(=O)N(CCc4ccccc4)C3=O)sc2c1. The number of hydrogen-bond donors (Lipinski definition) is 2. The van der Waals surface area contributed by atoms with Gasteiger partial charge >= 0.3 is 6.03 Å². The van der Waals surface area contributed by atoms with Crippen molar-refractivity contribution in [3.8, 4) is 5.75 Å². The zero-order valence-corrected chi connectivity index (χ0v) is 17.1. The minimum Gasteiger partial charge on any atom is -0.497 e. The molecule has 4 rings (SSSR count). The van der Waals surface area contributed by atoms with E-state index in [1.807, 2.05) is 42.5 Å². The van der Waals surface area contributed by atoms with Gasteiger partial charge in [0.1, 0.15) is 11.8 Å². The van der Waals surface area contributed by atoms with Gasteiger partial charge in [-0.2, -0.15) is 0 Å². The van der Waals surface area contributed by atoms with Crippen LogP contribution >= 0.6 is 11.3 Å². The van der Waals surface area contributed by atoms with Crippen molar-refractivity contribution in [1.82, 2.24) is 15.2 Å². The fraction of sp³-hybridized carbons (Fsp3) is 0.238. The van der Waals surface area contributed by atoms with Crippen molar-refractivity contribution < 1.29 is 19.1 Å². The normalized spacial score (nSPS) is 16.0. The van der Waals surface area contributed by atoms with E-state index >= 15 is 0 Å². The number of anilines is 1. The molecule has 1 saturated heterocycles. The molecule has 2 aromatic carbocycles. The molecule has 1 aromatic heterocycles. The second kappa shape index (κ2) is 8.50. The summed E-state index contributed by atoms with van der Waals surface area (Å²) in [5, 5.41) is 5.73. The van der Waals surface area contributed by atoms with Crippen LogP contribution < -0.4 is 15.4 Å². The first kappa shape index (κ1) is 19.8. The Bertz CT molecular complexity index is 1100. The summed E-state index contributed by atoms with van der Waals surface area (Å²) >= 11 is 1.31. The summed E-state index contributed by atoms with van der Waals surface area (Å²) in [6.07, 6.45) is 0.416. The van der Waals surface area contributed by atoms with E-state index in [0.717, 1.165) is 20.7 Å². The zero-order chi connectivity index (χ0) is 21.1. The number of fused-ring (bicyclic) bond motifs is 1. The Morgan fingerprint density at radius 2 is 2.03 bits per heavy atom. The van der Waals surface area contributed by atoms with Gasteiger partial charge in [0.2, 0.25) is 5.91 Å². The lowest BCUT2D eigenvalue weighted by molar-refractivity contribution is -0.129. The number of carbonyl (C=O) groups excluding carboxylic acids is 3. The third-order valence-electron chi connectivity index (χ3n) is 4.81. The Kier molecular flexibility index (Phi) is 5.62. The van der Waals surface area contributed by atoms with E-state index in [1.54, 1.807) is 13.2 Å². The van der Waals surface area contributed by atoms with Crippen molar-refractivity contribution in [3.63, 3.8) is 0 Å². The van der Waals surface area contributed by atoms with Crippen molar-refractivity contribution in [2.45, 2.75) is 18.9 Å². The predicted molar refractivity (Wildman–Crippen MR) is 114 cm³/mol. The van der Waals surface area contributed by atoms with Gasteiger partial charge < -0.3 is 15.4 Å². The number of benzene rings is 2. The first-order chi connectivity index (χ1) is 14.5. The molecule has 8 nitrogen and oxygen atoms in total. The third-order valence-corrected chi connectivity index (χ3v) is 5.74. The van der Waals surface area contributed by atoms with Crippen LogP contribution in [-0.2, 0) is 16.0 Å². The number of ether oxygens (including phenoxy) is 1. The lowest BCUT2D eigenvalue weighted by Crippen LogP contribution is -2.34. The van der Waals surface area contributed by atoms with Crippen molar-refractivity contribution in [2.24, 2.45) is 0 Å². The number of methoxy groups -OCH3 is 1. The molecule has 2 N–H and O–H groups in total. The monoisotopic (exact) mass is 424 g/mol. The molecule has 0 spiro atoms. The number of hydrogen-bond acceptors (Lipinski definition) is 6. The van der Waals surface area contributed by atoms with Crippen molar-refractivity contribution in [3.05, 3.63) is 54.1 Å². The molecule has 0 unspecified atom stereocenters. The zero-order valence-electron chi connectivity index (χ0n) is 16.3. The number of nitrogens with one attached hydrogen (secondary N) is 2. The first-order valence-corrected chi connectivity index (χ1v) is 10.3. The Hall–Kier alpha value is -3.46. The first-order valence-electron chi connectivity index (χ1n) is 9.44. The molecule has 9 heteroatoms. The summed E-state index contributed by atoms with van der Waals surface area (Å²) in [5.74, 6) is -0.0661. The maximum atomic E-state index is 12.6. The molecule has 1 aliphatic heterocycles. The Morgan fingerprint density at radius 1 is 1.23 bits per heavy atom. The van der Waals surface area contributed by atoms with Gasteiger partial charge in [0.05, 0.1) is 23.7 Å². The second-order valence-electron chi connectivity index (χ2n) is 6.83. The van der Waals surface area contributed by atoms with Gasteiger partial charge in [0.15, 0.2) is 5.13 Å². The smallest absolute Gasteiger partial charge is 0.324 e. The Morgan fingerprint density at radius 3 is 2.80 bits per heavy atom. The number of imide groups is 1. The highest BCUT2D eigenvalue weighted by molar-refractivity contribution is 7.22. The topological polar surface area (TPSA) is 101 Å². The molecule has 3 aromatic rings. The molecule has 0 radical (unpaired) electrons. The van der Waals surface area contributed by atoms with Gasteiger partial charge in [-0.15, -0.1) is 0 Å². The van der Waals surface area contributed by atoms with E-state index in [-0.39, 0.29) is 24.8 Å². The van der Waals surface area contributed by atoms with Crippen LogP contribution in [0.5, 0.6) is 5.75 Å². The molecule has 1 atom stereocenters. The maximum Gasteiger partial charge on any atom is 0.324 e. The summed E-state index contributed by atoms with van der Waals surface area (Å²) < 4.78 is 6.07. The van der Waals surface area contributed by atoms with E-state index < -0.39 is 12.1 Å². The second-order valence-corrected chi connectivity index (χ2v) is 7.86. The molecule has 1 aliphatic rings. The van der Waals surface area contributed by atoms with Crippen LogP contribution in [0.3, 0.4) is 0 Å². The van der Waals surface area contributed by atoms with Gasteiger partial charge in [0.25, 0.3) is 5.91 Å². The highest BCUT2D eigenvalue weighted by Crippen LogP contribution is 2.29. The summed E-state index contributed by atoms with van der Waals surface area (Å²) in [6, 6.07) is 13.7. The predicted octanol–water partition coefficient (Wildman–Crippen LogP) is 2.80. The number of amides is 4. The average Bonchev–Trinajstić information content (AvgIpc) is 3.26. The van der Waals surface area contributed by atoms with Crippen LogP contribution in [0.2, 0.25) is 0 Å². The molecule has 30 heavy (non-hydrogen) atoms. The van der Waals surface area contributed by atoms with Crippen molar-refractivity contribution in [2.75, 3.05) is 19.0 Å². The number of rotatable bonds is 7. The molecule has 154 valence electrons. The number of thiazole rings is 1. The van der Waals surface area contributed by atoms with Gasteiger partial charge in [-0.3, -0.25) is 14.5 Å². The Labute approximate surface area is 176 Å². The molecule has 0 bridgehead atoms. The van der Waals surface area contributed by atoms with Gasteiger partial charge in [-0.25, -0.2) is 9.78 Å². The minimum absolute atomic E-state index is 0.147. The summed E-state index contributed by atoms with van der Waals surface area (Å²) in [7, 11) is 1.58. The summed E-state index contributed by atoms with van der Waals surface area (Å²) in [6.45, 7) is 0.270. The van der Waals surface area contributed by atoms with Gasteiger partial charge in [-0.1, -0.05) is 41.7 Å². The van der Waals surface area contributed by atoms with Gasteiger partial charge in [0, 0.05) is 6.54 Å².